The highest BCUT2D eigenvalue weighted by Gasteiger charge is 2.31. The summed E-state index contributed by atoms with van der Waals surface area (Å²) in [6.45, 7) is 6.42. The molecule has 1 aliphatic rings. The Hall–Kier alpha value is -3.41. The number of rotatable bonds is 8. The molecule has 1 fully saturated rings. The highest BCUT2D eigenvalue weighted by molar-refractivity contribution is 6.36. The van der Waals surface area contributed by atoms with Gasteiger partial charge in [-0.05, 0) is 52.3 Å². The van der Waals surface area contributed by atoms with E-state index < -0.39 is 11.6 Å². The average Bonchev–Trinajstić information content (AvgIpc) is 3.32. The lowest BCUT2D eigenvalue weighted by Crippen LogP contribution is -2.52. The summed E-state index contributed by atoms with van der Waals surface area (Å²) in [7, 11) is 0. The zero-order valence-corrected chi connectivity index (χ0v) is 23.5. The van der Waals surface area contributed by atoms with E-state index in [1.54, 1.807) is 30.6 Å². The number of aromatic nitrogens is 4. The number of ether oxygens (including phenoxy) is 1. The highest BCUT2D eigenvalue weighted by Crippen LogP contribution is 2.27. The maximum absolute atomic E-state index is 12.7. The Morgan fingerprint density at radius 1 is 1.23 bits per heavy atom. The largest absolute Gasteiger partial charge is 0.459 e. The zero-order valence-electron chi connectivity index (χ0n) is 22.0. The van der Waals surface area contributed by atoms with Crippen LogP contribution < -0.4 is 21.7 Å². The van der Waals surface area contributed by atoms with Crippen LogP contribution in [-0.2, 0) is 27.4 Å². The highest BCUT2D eigenvalue weighted by atomic mass is 35.5. The molecule has 1 amide bonds. The topological polar surface area (TPSA) is 149 Å². The fourth-order valence-corrected chi connectivity index (χ4v) is 4.68. The maximum Gasteiger partial charge on any atom is 0.323 e. The van der Waals surface area contributed by atoms with Gasteiger partial charge in [-0.2, -0.15) is 5.10 Å². The summed E-state index contributed by atoms with van der Waals surface area (Å²) in [6.07, 6.45) is 6.02. The van der Waals surface area contributed by atoms with Gasteiger partial charge in [-0.3, -0.25) is 14.3 Å². The van der Waals surface area contributed by atoms with Gasteiger partial charge in [-0.1, -0.05) is 29.3 Å². The predicted octanol–water partition coefficient (Wildman–Crippen LogP) is 3.42. The molecule has 1 aromatic carbocycles. The number of carbonyl (C=O) groups excluding carboxylic acids is 2. The van der Waals surface area contributed by atoms with Gasteiger partial charge < -0.3 is 26.4 Å². The Morgan fingerprint density at radius 3 is 2.69 bits per heavy atom. The first-order chi connectivity index (χ1) is 18.5. The van der Waals surface area contributed by atoms with Crippen LogP contribution in [0.3, 0.4) is 0 Å². The number of amides is 1. The number of halogens is 2. The van der Waals surface area contributed by atoms with Crippen LogP contribution in [0.2, 0.25) is 10.0 Å². The minimum atomic E-state index is -0.568. The van der Waals surface area contributed by atoms with Crippen LogP contribution in [0.1, 0.15) is 39.2 Å². The Bertz CT molecular complexity index is 1320. The van der Waals surface area contributed by atoms with Crippen LogP contribution in [0, 0.1) is 0 Å². The van der Waals surface area contributed by atoms with E-state index in [9.17, 15) is 9.59 Å². The van der Waals surface area contributed by atoms with Gasteiger partial charge in [0.2, 0.25) is 5.91 Å². The SMILES string of the molecule is CC(C)(C)OC(=O)[C@H]1CC(NC(=O)Cn2cc(-c3cnc(N)c(NCc4c(Cl)cccc4Cl)n3)cn2)CCN1. The minimum absolute atomic E-state index is 0.0134. The Balaban J connectivity index is 1.35. The van der Waals surface area contributed by atoms with Crippen molar-refractivity contribution in [1.82, 2.24) is 30.4 Å². The molecule has 11 nitrogen and oxygen atoms in total. The summed E-state index contributed by atoms with van der Waals surface area (Å²) in [5, 5.41) is 14.6. The number of carbonyl (C=O) groups is 2. The summed E-state index contributed by atoms with van der Waals surface area (Å²) in [5.41, 5.74) is 7.37. The lowest BCUT2D eigenvalue weighted by Gasteiger charge is -2.31. The molecule has 0 aliphatic carbocycles. The number of benzene rings is 1. The number of anilines is 2. The van der Waals surface area contributed by atoms with Crippen molar-refractivity contribution in [3.63, 3.8) is 0 Å². The number of piperidine rings is 1. The quantitative estimate of drug-likeness (QED) is 0.297. The molecule has 0 bridgehead atoms. The molecule has 0 saturated carbocycles. The van der Waals surface area contributed by atoms with Crippen molar-refractivity contribution in [2.45, 2.75) is 64.4 Å². The van der Waals surface area contributed by atoms with Crippen molar-refractivity contribution in [3.8, 4) is 11.3 Å². The smallest absolute Gasteiger partial charge is 0.323 e. The first kappa shape index (κ1) is 28.6. The summed E-state index contributed by atoms with van der Waals surface area (Å²) in [6, 6.07) is 4.68. The number of esters is 1. The van der Waals surface area contributed by atoms with Gasteiger partial charge in [0.15, 0.2) is 11.6 Å². The molecule has 1 saturated heterocycles. The van der Waals surface area contributed by atoms with Gasteiger partial charge in [-0.15, -0.1) is 0 Å². The van der Waals surface area contributed by atoms with E-state index >= 15 is 0 Å². The predicted molar refractivity (Wildman–Crippen MR) is 150 cm³/mol. The fourth-order valence-electron chi connectivity index (χ4n) is 4.14. The standard InChI is InChI=1S/C26H32Cl2N8O3/c1-26(2,3)39-25(38)20-9-16(7-8-30-20)34-22(37)14-36-13-15(10-33-36)21-12-31-23(29)24(35-21)32-11-17-18(27)5-4-6-19(17)28/h4-6,10,12-13,16,20,30H,7-9,11,14H2,1-3H3,(H2,29,31)(H,32,35)(H,34,37)/t16?,20-/m1/s1. The molecule has 1 aliphatic heterocycles. The lowest BCUT2D eigenvalue weighted by atomic mass is 9.99. The Labute approximate surface area is 236 Å². The van der Waals surface area contributed by atoms with Crippen LogP contribution >= 0.6 is 23.2 Å². The van der Waals surface area contributed by atoms with Crippen molar-refractivity contribution < 1.29 is 14.3 Å². The molecule has 208 valence electrons. The summed E-state index contributed by atoms with van der Waals surface area (Å²) >= 11 is 12.5. The number of nitrogens with two attached hydrogens (primary N) is 1. The molecule has 3 aromatic rings. The third kappa shape index (κ3) is 7.81. The van der Waals surface area contributed by atoms with E-state index in [4.69, 9.17) is 33.7 Å². The zero-order chi connectivity index (χ0) is 28.2. The van der Waals surface area contributed by atoms with Gasteiger partial charge in [-0.25, -0.2) is 9.97 Å². The van der Waals surface area contributed by atoms with Crippen molar-refractivity contribution in [2.24, 2.45) is 0 Å². The van der Waals surface area contributed by atoms with Crippen molar-refractivity contribution in [1.29, 1.82) is 0 Å². The Kier molecular flexibility index (Phi) is 8.94. The summed E-state index contributed by atoms with van der Waals surface area (Å²) in [4.78, 5) is 33.9. The molecule has 0 spiro atoms. The molecule has 4 rings (SSSR count). The summed E-state index contributed by atoms with van der Waals surface area (Å²) < 4.78 is 6.99. The third-order valence-electron chi connectivity index (χ3n) is 5.99. The van der Waals surface area contributed by atoms with Crippen LogP contribution in [0.25, 0.3) is 11.3 Å². The second-order valence-electron chi connectivity index (χ2n) is 10.3. The second-order valence-corrected chi connectivity index (χ2v) is 11.1. The van der Waals surface area contributed by atoms with E-state index in [1.165, 1.54) is 10.9 Å². The lowest BCUT2D eigenvalue weighted by molar-refractivity contribution is -0.158. The van der Waals surface area contributed by atoms with E-state index in [-0.39, 0.29) is 30.3 Å². The first-order valence-electron chi connectivity index (χ1n) is 12.6. The van der Waals surface area contributed by atoms with Gasteiger partial charge in [0.25, 0.3) is 0 Å². The van der Waals surface area contributed by atoms with E-state index in [0.717, 1.165) is 5.56 Å². The monoisotopic (exact) mass is 574 g/mol. The number of nitrogens with one attached hydrogen (secondary N) is 3. The van der Waals surface area contributed by atoms with Gasteiger partial charge >= 0.3 is 5.97 Å². The van der Waals surface area contributed by atoms with Crippen molar-refractivity contribution in [3.05, 3.63) is 52.4 Å². The maximum atomic E-state index is 12.7. The number of hydrogen-bond acceptors (Lipinski definition) is 9. The van der Waals surface area contributed by atoms with E-state index in [2.05, 4.69) is 31.0 Å². The molecule has 5 N–H and O–H groups in total. The van der Waals surface area contributed by atoms with Crippen molar-refractivity contribution >= 4 is 46.7 Å². The number of nitrogens with zero attached hydrogens (tertiary/aromatic N) is 4. The Morgan fingerprint density at radius 2 is 1.97 bits per heavy atom. The van der Waals surface area contributed by atoms with Crippen LogP contribution in [0.4, 0.5) is 11.6 Å². The van der Waals surface area contributed by atoms with Crippen molar-refractivity contribution in [2.75, 3.05) is 17.6 Å². The molecule has 1 unspecified atom stereocenters. The molecule has 0 radical (unpaired) electrons. The van der Waals surface area contributed by atoms with E-state index in [1.807, 2.05) is 20.8 Å². The molecule has 2 atom stereocenters. The van der Waals surface area contributed by atoms with Crippen LogP contribution in [0.5, 0.6) is 0 Å². The minimum Gasteiger partial charge on any atom is -0.459 e. The molecular weight excluding hydrogens is 543 g/mol. The average molecular weight is 576 g/mol. The molecule has 13 heteroatoms. The normalized spacial score (nSPS) is 17.5. The summed E-state index contributed by atoms with van der Waals surface area (Å²) in [5.74, 6) is 0.0771. The van der Waals surface area contributed by atoms with Crippen LogP contribution in [-0.4, -0.2) is 55.9 Å². The third-order valence-corrected chi connectivity index (χ3v) is 6.70. The molecule has 3 heterocycles. The molecule has 39 heavy (non-hydrogen) atoms. The van der Waals surface area contributed by atoms with E-state index in [0.29, 0.717) is 53.1 Å². The molecule has 2 aromatic heterocycles. The first-order valence-corrected chi connectivity index (χ1v) is 13.3. The fraction of sp³-hybridized carbons (Fsp3) is 0.423. The van der Waals surface area contributed by atoms with Gasteiger partial charge in [0.05, 0.1) is 18.1 Å². The molecular formula is C26H32Cl2N8O3. The van der Waals surface area contributed by atoms with Gasteiger partial charge in [0.1, 0.15) is 18.2 Å². The van der Waals surface area contributed by atoms with Gasteiger partial charge in [0, 0.05) is 40.0 Å². The number of hydrogen-bond donors (Lipinski definition) is 4. The second kappa shape index (κ2) is 12.2. The number of nitrogen functional groups attached to an aromatic ring is 1. The van der Waals surface area contributed by atoms with Crippen LogP contribution in [0.15, 0.2) is 36.8 Å².